The molecule has 2 rings (SSSR count). The Morgan fingerprint density at radius 1 is 0.944 bits per heavy atom. The zero-order valence-electron chi connectivity index (χ0n) is 10.3. The highest BCUT2D eigenvalue weighted by Gasteiger charge is 2.01. The second-order valence-corrected chi connectivity index (χ2v) is 4.28. The van der Waals surface area contributed by atoms with Crippen molar-refractivity contribution >= 4 is 11.4 Å². The minimum atomic E-state index is 0. The Bertz CT molecular complexity index is 524. The van der Waals surface area contributed by atoms with Crippen LogP contribution < -0.4 is 5.32 Å². The van der Waals surface area contributed by atoms with Crippen molar-refractivity contribution in [1.82, 2.24) is 0 Å². The smallest absolute Gasteiger partial charge is 0.0413 e. The fourth-order valence-corrected chi connectivity index (χ4v) is 1.70. The maximum Gasteiger partial charge on any atom is 0.0413 e. The first-order valence-corrected chi connectivity index (χ1v) is 5.75. The standard InChI is InChI=1S/C16H17N.CH4/c1-12-8-10-15(11-9-12)14(3)17-16-7-5-4-6-13(16)2;/h4-11,17H,3H2,1-2H3;1H4. The number of hydrogen-bond donors (Lipinski definition) is 1. The first-order chi connectivity index (χ1) is 8.16. The molecule has 2 aromatic rings. The van der Waals surface area contributed by atoms with Gasteiger partial charge >= 0.3 is 0 Å². The third-order valence-electron chi connectivity index (χ3n) is 2.83. The number of hydrogen-bond acceptors (Lipinski definition) is 1. The van der Waals surface area contributed by atoms with Crippen molar-refractivity contribution in [2.45, 2.75) is 21.3 Å². The molecule has 94 valence electrons. The Morgan fingerprint density at radius 3 is 2.17 bits per heavy atom. The monoisotopic (exact) mass is 239 g/mol. The minimum Gasteiger partial charge on any atom is -0.355 e. The van der Waals surface area contributed by atoms with E-state index < -0.39 is 0 Å². The van der Waals surface area contributed by atoms with E-state index in [2.05, 4.69) is 62.1 Å². The Kier molecular flexibility index (Phi) is 4.73. The predicted molar refractivity (Wildman–Crippen MR) is 81.7 cm³/mol. The summed E-state index contributed by atoms with van der Waals surface area (Å²) in [7, 11) is 0. The highest BCUT2D eigenvalue weighted by atomic mass is 14.9. The van der Waals surface area contributed by atoms with E-state index in [0.717, 1.165) is 16.9 Å². The van der Waals surface area contributed by atoms with E-state index in [-0.39, 0.29) is 7.43 Å². The van der Waals surface area contributed by atoms with Crippen LogP contribution in [0.5, 0.6) is 0 Å². The summed E-state index contributed by atoms with van der Waals surface area (Å²) in [5, 5.41) is 3.35. The average Bonchev–Trinajstić information content (AvgIpc) is 2.33. The van der Waals surface area contributed by atoms with Crippen LogP contribution in [0.25, 0.3) is 5.70 Å². The molecular weight excluding hydrogens is 218 g/mol. The molecule has 1 nitrogen and oxygen atoms in total. The summed E-state index contributed by atoms with van der Waals surface area (Å²) >= 11 is 0. The molecule has 0 saturated heterocycles. The van der Waals surface area contributed by atoms with E-state index in [9.17, 15) is 0 Å². The van der Waals surface area contributed by atoms with Crippen LogP contribution in [0.1, 0.15) is 24.1 Å². The van der Waals surface area contributed by atoms with Gasteiger partial charge in [0.15, 0.2) is 0 Å². The highest BCUT2D eigenvalue weighted by molar-refractivity contribution is 5.76. The Balaban J connectivity index is 0.00000162. The van der Waals surface area contributed by atoms with Crippen molar-refractivity contribution in [3.8, 4) is 0 Å². The molecule has 18 heavy (non-hydrogen) atoms. The maximum absolute atomic E-state index is 4.08. The van der Waals surface area contributed by atoms with Crippen molar-refractivity contribution in [3.05, 3.63) is 71.8 Å². The van der Waals surface area contributed by atoms with Crippen LogP contribution in [-0.4, -0.2) is 0 Å². The lowest BCUT2D eigenvalue weighted by Crippen LogP contribution is -1.98. The molecule has 0 amide bonds. The number of rotatable bonds is 3. The molecule has 0 atom stereocenters. The molecule has 0 aliphatic carbocycles. The number of para-hydroxylation sites is 1. The summed E-state index contributed by atoms with van der Waals surface area (Å²) in [6, 6.07) is 16.6. The predicted octanol–water partition coefficient (Wildman–Crippen LogP) is 5.02. The summed E-state index contributed by atoms with van der Waals surface area (Å²) < 4.78 is 0. The van der Waals surface area contributed by atoms with Crippen molar-refractivity contribution in [2.24, 2.45) is 0 Å². The van der Waals surface area contributed by atoms with E-state index in [1.54, 1.807) is 0 Å². The van der Waals surface area contributed by atoms with E-state index in [0.29, 0.717) is 0 Å². The quantitative estimate of drug-likeness (QED) is 0.792. The molecule has 0 aliphatic rings. The van der Waals surface area contributed by atoms with Gasteiger partial charge in [0, 0.05) is 11.4 Å². The van der Waals surface area contributed by atoms with Crippen LogP contribution in [0.2, 0.25) is 0 Å². The second kappa shape index (κ2) is 6.06. The molecule has 0 bridgehead atoms. The SMILES string of the molecule is C.C=C(Nc1ccccc1C)c1ccc(C)cc1. The first-order valence-electron chi connectivity index (χ1n) is 5.75. The fraction of sp³-hybridized carbons (Fsp3) is 0.176. The fourth-order valence-electron chi connectivity index (χ4n) is 1.70. The summed E-state index contributed by atoms with van der Waals surface area (Å²) in [4.78, 5) is 0. The Labute approximate surface area is 110 Å². The van der Waals surface area contributed by atoms with Crippen molar-refractivity contribution in [3.63, 3.8) is 0 Å². The lowest BCUT2D eigenvalue weighted by molar-refractivity contribution is 1.42. The molecule has 0 heterocycles. The van der Waals surface area contributed by atoms with Crippen molar-refractivity contribution in [2.75, 3.05) is 5.32 Å². The Morgan fingerprint density at radius 2 is 1.56 bits per heavy atom. The average molecular weight is 239 g/mol. The normalized spacial score (nSPS) is 9.44. The van der Waals surface area contributed by atoms with Gasteiger partial charge in [0.1, 0.15) is 0 Å². The van der Waals surface area contributed by atoms with Crippen molar-refractivity contribution < 1.29 is 0 Å². The largest absolute Gasteiger partial charge is 0.355 e. The maximum atomic E-state index is 4.08. The zero-order chi connectivity index (χ0) is 12.3. The molecule has 0 aliphatic heterocycles. The lowest BCUT2D eigenvalue weighted by atomic mass is 10.1. The van der Waals surface area contributed by atoms with Gasteiger partial charge in [0.2, 0.25) is 0 Å². The van der Waals surface area contributed by atoms with Gasteiger partial charge in [-0.25, -0.2) is 0 Å². The number of benzene rings is 2. The Hall–Kier alpha value is -2.02. The van der Waals surface area contributed by atoms with Gasteiger partial charge in [-0.05, 0) is 31.0 Å². The molecule has 0 fully saturated rings. The van der Waals surface area contributed by atoms with Crippen LogP contribution in [0, 0.1) is 13.8 Å². The molecule has 1 heteroatoms. The summed E-state index contributed by atoms with van der Waals surface area (Å²) in [6.45, 7) is 8.25. The van der Waals surface area contributed by atoms with Crippen LogP contribution in [0.3, 0.4) is 0 Å². The molecule has 0 aromatic heterocycles. The minimum absolute atomic E-state index is 0. The van der Waals surface area contributed by atoms with Gasteiger partial charge in [-0.2, -0.15) is 0 Å². The number of anilines is 1. The van der Waals surface area contributed by atoms with E-state index >= 15 is 0 Å². The highest BCUT2D eigenvalue weighted by Crippen LogP contribution is 2.20. The third-order valence-corrected chi connectivity index (χ3v) is 2.83. The molecule has 0 radical (unpaired) electrons. The molecule has 2 aromatic carbocycles. The van der Waals surface area contributed by atoms with Gasteiger partial charge in [-0.3, -0.25) is 0 Å². The second-order valence-electron chi connectivity index (χ2n) is 4.28. The van der Waals surface area contributed by atoms with E-state index in [4.69, 9.17) is 0 Å². The van der Waals surface area contributed by atoms with Crippen LogP contribution in [0.4, 0.5) is 5.69 Å². The van der Waals surface area contributed by atoms with Crippen LogP contribution in [-0.2, 0) is 0 Å². The van der Waals surface area contributed by atoms with E-state index in [1.807, 2.05) is 12.1 Å². The molecule has 0 saturated carbocycles. The topological polar surface area (TPSA) is 12.0 Å². The molecule has 0 unspecified atom stereocenters. The van der Waals surface area contributed by atoms with Gasteiger partial charge in [-0.15, -0.1) is 0 Å². The van der Waals surface area contributed by atoms with E-state index in [1.165, 1.54) is 11.1 Å². The van der Waals surface area contributed by atoms with Crippen molar-refractivity contribution in [1.29, 1.82) is 0 Å². The zero-order valence-corrected chi connectivity index (χ0v) is 10.3. The summed E-state index contributed by atoms with van der Waals surface area (Å²) in [5.74, 6) is 0. The van der Waals surface area contributed by atoms with Gasteiger partial charge in [0.05, 0.1) is 0 Å². The van der Waals surface area contributed by atoms with Gasteiger partial charge in [-0.1, -0.05) is 62.0 Å². The van der Waals surface area contributed by atoms with Crippen LogP contribution >= 0.6 is 0 Å². The lowest BCUT2D eigenvalue weighted by Gasteiger charge is -2.12. The van der Waals surface area contributed by atoms with Gasteiger partial charge < -0.3 is 5.32 Å². The molecule has 1 N–H and O–H groups in total. The first kappa shape index (κ1) is 14.0. The summed E-state index contributed by atoms with van der Waals surface area (Å²) in [6.07, 6.45) is 0. The van der Waals surface area contributed by atoms with Crippen LogP contribution in [0.15, 0.2) is 55.1 Å². The summed E-state index contributed by atoms with van der Waals surface area (Å²) in [5.41, 5.74) is 5.65. The third kappa shape index (κ3) is 3.24. The number of nitrogens with one attached hydrogen (secondary N) is 1. The number of aryl methyl sites for hydroxylation is 2. The molecular formula is C17H21N. The molecule has 0 spiro atoms. The van der Waals surface area contributed by atoms with Gasteiger partial charge in [0.25, 0.3) is 0 Å².